The van der Waals surface area contributed by atoms with Gasteiger partial charge >= 0.3 is 5.97 Å². The van der Waals surface area contributed by atoms with Gasteiger partial charge in [-0.2, -0.15) is 0 Å². The molecular weight excluding hydrogens is 433 g/mol. The fourth-order valence-electron chi connectivity index (χ4n) is 6.70. The summed E-state index contributed by atoms with van der Waals surface area (Å²) in [4.78, 5) is 27.3. The third-order valence-electron chi connectivity index (χ3n) is 8.08. The van der Waals surface area contributed by atoms with Crippen LogP contribution < -0.4 is 20.4 Å². The molecule has 2 aromatic heterocycles. The molecule has 164 valence electrons. The van der Waals surface area contributed by atoms with Crippen molar-refractivity contribution < 1.29 is 19.0 Å². The molecule has 0 radical (unpaired) electrons. The molecule has 0 spiro atoms. The lowest BCUT2D eigenvalue weighted by Gasteiger charge is -2.32. The summed E-state index contributed by atoms with van der Waals surface area (Å²) in [6.45, 7) is 1.62. The number of pyridine rings is 1. The molecule has 4 aliphatic rings. The number of fused-ring (bicyclic) bond motifs is 5. The molecule has 4 unspecified atom stereocenters. The summed E-state index contributed by atoms with van der Waals surface area (Å²) in [5.74, 6) is 0.00188. The highest BCUT2D eigenvalue weighted by Gasteiger charge is 2.57. The predicted molar refractivity (Wildman–Crippen MR) is 119 cm³/mol. The van der Waals surface area contributed by atoms with E-state index >= 15 is 4.39 Å². The van der Waals surface area contributed by atoms with E-state index < -0.39 is 17.2 Å². The van der Waals surface area contributed by atoms with Crippen LogP contribution in [-0.2, 0) is 6.61 Å². The first-order valence-electron chi connectivity index (χ1n) is 10.7. The van der Waals surface area contributed by atoms with E-state index in [2.05, 4.69) is 22.4 Å². The summed E-state index contributed by atoms with van der Waals surface area (Å²) in [5, 5.41) is 14.9. The first-order chi connectivity index (χ1) is 15.4. The number of thiazole rings is 1. The van der Waals surface area contributed by atoms with Crippen LogP contribution >= 0.6 is 11.3 Å². The molecule has 1 saturated carbocycles. The number of carbonyl (C=O) groups is 1. The minimum absolute atomic E-state index is 0.0355. The molecule has 2 aliphatic carbocycles. The van der Waals surface area contributed by atoms with Crippen molar-refractivity contribution in [2.75, 3.05) is 25.0 Å². The zero-order valence-corrected chi connectivity index (χ0v) is 18.0. The molecule has 2 bridgehead atoms. The van der Waals surface area contributed by atoms with E-state index in [1.54, 1.807) is 9.78 Å². The van der Waals surface area contributed by atoms with Crippen LogP contribution in [0, 0.1) is 23.6 Å². The van der Waals surface area contributed by atoms with Crippen LogP contribution in [-0.4, -0.2) is 41.2 Å². The van der Waals surface area contributed by atoms with Gasteiger partial charge < -0.3 is 20.1 Å². The summed E-state index contributed by atoms with van der Waals surface area (Å²) >= 11 is 1.16. The number of nitrogens with one attached hydrogen (secondary N) is 1. The van der Waals surface area contributed by atoms with E-state index in [1.807, 2.05) is 7.05 Å². The van der Waals surface area contributed by atoms with E-state index in [1.165, 1.54) is 6.07 Å². The molecule has 32 heavy (non-hydrogen) atoms. The number of hydrogen-bond acceptors (Lipinski definition) is 6. The number of ether oxygens (including phenoxy) is 1. The van der Waals surface area contributed by atoms with Crippen molar-refractivity contribution in [2.45, 2.75) is 18.6 Å². The maximum atomic E-state index is 15.6. The number of aromatic carboxylic acids is 1. The molecule has 0 amide bonds. The van der Waals surface area contributed by atoms with E-state index in [0.717, 1.165) is 30.8 Å². The van der Waals surface area contributed by atoms with Crippen LogP contribution in [0.2, 0.25) is 0 Å². The number of likely N-dealkylation sites (N-methyl/N-ethyl adjacent to an activating group) is 1. The standard InChI is InChI=1S/C23H20FN3O4S/c1-25-23-3-2-10(5-23)12-6-26(7-14(12)23)19-13-8-31-16-9-32-21-17(22(29)30)20(28)11(4-15(19)24)18(13)27(16)21/h2-4,9-10,12,14,25H,5-8H2,1H3,(H,29,30). The Morgan fingerprint density at radius 2 is 2.25 bits per heavy atom. The van der Waals surface area contributed by atoms with Crippen LogP contribution in [0.15, 0.2) is 28.4 Å². The lowest BCUT2D eigenvalue weighted by molar-refractivity contribution is 0.0697. The maximum absolute atomic E-state index is 15.6. The van der Waals surface area contributed by atoms with E-state index in [4.69, 9.17) is 4.74 Å². The van der Waals surface area contributed by atoms with Crippen molar-refractivity contribution in [3.63, 3.8) is 0 Å². The number of halogens is 1. The number of allylic oxidation sites excluding steroid dienone is 1. The number of anilines is 1. The quantitative estimate of drug-likeness (QED) is 0.594. The lowest BCUT2D eigenvalue weighted by Crippen LogP contribution is -2.46. The number of aromatic nitrogens is 1. The van der Waals surface area contributed by atoms with Gasteiger partial charge in [0.1, 0.15) is 22.8 Å². The number of carboxylic acids is 1. The van der Waals surface area contributed by atoms with Crippen molar-refractivity contribution in [1.82, 2.24) is 9.72 Å². The van der Waals surface area contributed by atoms with Crippen LogP contribution in [0.25, 0.3) is 15.7 Å². The van der Waals surface area contributed by atoms with E-state index in [9.17, 15) is 14.7 Å². The zero-order chi connectivity index (χ0) is 21.9. The summed E-state index contributed by atoms with van der Waals surface area (Å²) < 4.78 is 23.2. The smallest absolute Gasteiger partial charge is 0.342 e. The molecule has 1 aromatic carbocycles. The number of nitrogens with zero attached hydrogens (tertiary/aromatic N) is 2. The molecule has 7 rings (SSSR count). The Labute approximate surface area is 185 Å². The minimum Gasteiger partial charge on any atom is -0.477 e. The van der Waals surface area contributed by atoms with Gasteiger partial charge in [-0.15, -0.1) is 11.3 Å². The Morgan fingerprint density at radius 1 is 1.41 bits per heavy atom. The van der Waals surface area contributed by atoms with Gasteiger partial charge in [-0.05, 0) is 31.4 Å². The molecule has 4 heterocycles. The molecule has 2 fully saturated rings. The van der Waals surface area contributed by atoms with Crippen LogP contribution in [0.4, 0.5) is 10.1 Å². The maximum Gasteiger partial charge on any atom is 0.342 e. The third kappa shape index (κ3) is 2.04. The Hall–Kier alpha value is -2.91. The Bertz CT molecular complexity index is 1460. The Balaban J connectivity index is 1.46. The van der Waals surface area contributed by atoms with Gasteiger partial charge in [0.25, 0.3) is 0 Å². The second kappa shape index (κ2) is 5.90. The monoisotopic (exact) mass is 453 g/mol. The van der Waals surface area contributed by atoms with Crippen LogP contribution in [0.3, 0.4) is 0 Å². The summed E-state index contributed by atoms with van der Waals surface area (Å²) in [6.07, 6.45) is 5.66. The Kier molecular flexibility index (Phi) is 3.44. The summed E-state index contributed by atoms with van der Waals surface area (Å²) in [7, 11) is 1.99. The fourth-order valence-corrected chi connectivity index (χ4v) is 7.67. The van der Waals surface area contributed by atoms with Crippen molar-refractivity contribution in [3.8, 4) is 5.88 Å². The van der Waals surface area contributed by atoms with E-state index in [0.29, 0.717) is 45.2 Å². The fraction of sp³-hybridized carbons (Fsp3) is 0.391. The average Bonchev–Trinajstić information content (AvgIpc) is 3.53. The topological polar surface area (TPSA) is 83.3 Å². The van der Waals surface area contributed by atoms with Gasteiger partial charge in [0.2, 0.25) is 11.3 Å². The van der Waals surface area contributed by atoms with Crippen molar-refractivity contribution in [3.05, 3.63) is 50.8 Å². The highest BCUT2D eigenvalue weighted by atomic mass is 32.1. The van der Waals surface area contributed by atoms with Gasteiger partial charge in [-0.1, -0.05) is 12.2 Å². The predicted octanol–water partition coefficient (Wildman–Crippen LogP) is 2.84. The molecule has 1 saturated heterocycles. The molecule has 2 aliphatic heterocycles. The number of rotatable bonds is 3. The normalized spacial score (nSPS) is 29.4. The Morgan fingerprint density at radius 3 is 3.03 bits per heavy atom. The summed E-state index contributed by atoms with van der Waals surface area (Å²) in [5.41, 5.74) is 0.636. The molecule has 4 atom stereocenters. The second-order valence-corrected chi connectivity index (χ2v) is 10.1. The SMILES string of the molecule is CNC12C=CC(C1)C1CN(c3c(F)cc4c(=O)c(C(=O)O)c5scc6n5c4c3CO6)CC12. The third-order valence-corrected chi connectivity index (χ3v) is 9.01. The first-order valence-corrected chi connectivity index (χ1v) is 11.6. The highest BCUT2D eigenvalue weighted by Crippen LogP contribution is 2.55. The van der Waals surface area contributed by atoms with Gasteiger partial charge in [-0.25, -0.2) is 9.18 Å². The van der Waals surface area contributed by atoms with Crippen LogP contribution in [0.1, 0.15) is 22.3 Å². The molecule has 2 N–H and O–H groups in total. The summed E-state index contributed by atoms with van der Waals surface area (Å²) in [6, 6.07) is 1.22. The van der Waals surface area contributed by atoms with Gasteiger partial charge in [-0.3, -0.25) is 9.20 Å². The highest BCUT2D eigenvalue weighted by molar-refractivity contribution is 7.16. The van der Waals surface area contributed by atoms with E-state index in [-0.39, 0.29) is 23.1 Å². The zero-order valence-electron chi connectivity index (χ0n) is 17.2. The molecule has 3 aromatic rings. The van der Waals surface area contributed by atoms with Gasteiger partial charge in [0, 0.05) is 30.1 Å². The van der Waals surface area contributed by atoms with Gasteiger partial charge in [0.15, 0.2) is 0 Å². The van der Waals surface area contributed by atoms with Crippen molar-refractivity contribution in [1.29, 1.82) is 0 Å². The molecule has 7 nitrogen and oxygen atoms in total. The van der Waals surface area contributed by atoms with Crippen molar-refractivity contribution in [2.24, 2.45) is 17.8 Å². The molecular formula is C23H20FN3O4S. The second-order valence-electron chi connectivity index (χ2n) is 9.29. The van der Waals surface area contributed by atoms with Gasteiger partial charge in [0.05, 0.1) is 22.0 Å². The molecule has 9 heteroatoms. The largest absolute Gasteiger partial charge is 0.477 e. The lowest BCUT2D eigenvalue weighted by atomic mass is 9.82. The number of hydrogen-bond donors (Lipinski definition) is 2. The van der Waals surface area contributed by atoms with Crippen molar-refractivity contribution >= 4 is 38.7 Å². The number of carboxylic acid groups (broad SMARTS) is 1. The number of benzene rings is 1. The van der Waals surface area contributed by atoms with Crippen LogP contribution in [0.5, 0.6) is 5.88 Å². The first kappa shape index (κ1) is 18.6. The average molecular weight is 453 g/mol. The minimum atomic E-state index is -1.32.